The molecule has 6 nitrogen and oxygen atoms in total. The lowest BCUT2D eigenvalue weighted by atomic mass is 9.85. The monoisotopic (exact) mass is 327 g/mol. The number of aromatic hydroxyl groups is 1. The summed E-state index contributed by atoms with van der Waals surface area (Å²) in [5.74, 6) is -2.49. The van der Waals surface area contributed by atoms with Crippen LogP contribution in [-0.2, 0) is 20.8 Å². The Morgan fingerprint density at radius 1 is 1.08 bits per heavy atom. The summed E-state index contributed by atoms with van der Waals surface area (Å²) in [6, 6.07) is 4.91. The fourth-order valence-corrected chi connectivity index (χ4v) is 4.38. The molecule has 1 saturated carbocycles. The van der Waals surface area contributed by atoms with Crippen molar-refractivity contribution in [2.75, 3.05) is 0 Å². The Balaban J connectivity index is 1.62. The molecule has 2 amide bonds. The third kappa shape index (κ3) is 2.06. The lowest BCUT2D eigenvalue weighted by molar-refractivity contribution is -0.155. The van der Waals surface area contributed by atoms with Crippen molar-refractivity contribution in [2.45, 2.75) is 18.9 Å². The Morgan fingerprint density at radius 2 is 1.62 bits per heavy atom. The van der Waals surface area contributed by atoms with Gasteiger partial charge in [-0.2, -0.15) is 0 Å². The number of carboxylic acid groups (broad SMARTS) is 1. The van der Waals surface area contributed by atoms with Crippen LogP contribution < -0.4 is 0 Å². The minimum Gasteiger partial charge on any atom is -0.508 e. The number of aliphatic carboxylic acids is 1. The number of rotatable bonds is 4. The number of hydrogen-bond acceptors (Lipinski definition) is 4. The molecule has 4 rings (SSSR count). The molecule has 0 radical (unpaired) electrons. The molecule has 2 fully saturated rings. The van der Waals surface area contributed by atoms with E-state index >= 15 is 0 Å². The van der Waals surface area contributed by atoms with E-state index in [9.17, 15) is 24.6 Å². The van der Waals surface area contributed by atoms with Crippen LogP contribution in [-0.4, -0.2) is 38.9 Å². The summed E-state index contributed by atoms with van der Waals surface area (Å²) in [5.41, 5.74) is 0.652. The fraction of sp³-hybridized carbons (Fsp3) is 0.389. The molecule has 5 atom stereocenters. The number of carbonyl (C=O) groups is 3. The van der Waals surface area contributed by atoms with Gasteiger partial charge in [-0.05, 0) is 36.0 Å². The molecule has 0 spiro atoms. The lowest BCUT2D eigenvalue weighted by Crippen LogP contribution is -2.47. The van der Waals surface area contributed by atoms with E-state index in [1.165, 1.54) is 12.1 Å². The van der Waals surface area contributed by atoms with Crippen molar-refractivity contribution < 1.29 is 24.6 Å². The van der Waals surface area contributed by atoms with Gasteiger partial charge in [-0.1, -0.05) is 24.3 Å². The SMILES string of the molecule is O=C(O)C(Cc1ccc(O)cc1)N1C(=O)C2C3C=CC(C3)C2C1=O. The van der Waals surface area contributed by atoms with E-state index in [1.807, 2.05) is 12.2 Å². The Morgan fingerprint density at radius 3 is 2.12 bits per heavy atom. The molecule has 5 unspecified atom stereocenters. The molecule has 1 heterocycles. The molecular weight excluding hydrogens is 310 g/mol. The lowest BCUT2D eigenvalue weighted by Gasteiger charge is -2.24. The summed E-state index contributed by atoms with van der Waals surface area (Å²) in [5, 5.41) is 18.9. The Kier molecular flexibility index (Phi) is 3.23. The molecule has 2 bridgehead atoms. The maximum Gasteiger partial charge on any atom is 0.327 e. The van der Waals surface area contributed by atoms with Crippen LogP contribution in [0, 0.1) is 23.7 Å². The van der Waals surface area contributed by atoms with Crippen LogP contribution in [0.1, 0.15) is 12.0 Å². The zero-order valence-electron chi connectivity index (χ0n) is 12.8. The second-order valence-electron chi connectivity index (χ2n) is 6.77. The maximum absolute atomic E-state index is 12.7. The zero-order valence-corrected chi connectivity index (χ0v) is 12.8. The summed E-state index contributed by atoms with van der Waals surface area (Å²) in [6.07, 6.45) is 4.82. The number of amides is 2. The Hall–Kier alpha value is -2.63. The predicted molar refractivity (Wildman–Crippen MR) is 82.8 cm³/mol. The summed E-state index contributed by atoms with van der Waals surface area (Å²) >= 11 is 0. The van der Waals surface area contributed by atoms with Crippen molar-refractivity contribution in [2.24, 2.45) is 23.7 Å². The third-order valence-electron chi connectivity index (χ3n) is 5.47. The largest absolute Gasteiger partial charge is 0.508 e. The molecule has 2 N–H and O–H groups in total. The van der Waals surface area contributed by atoms with Crippen molar-refractivity contribution in [1.82, 2.24) is 4.90 Å². The topological polar surface area (TPSA) is 94.9 Å². The van der Waals surface area contributed by atoms with Crippen molar-refractivity contribution in [3.8, 4) is 5.75 Å². The number of phenolic OH excluding ortho intramolecular Hbond substituents is 1. The molecule has 1 saturated heterocycles. The molecule has 0 aromatic heterocycles. The first-order valence-electron chi connectivity index (χ1n) is 8.03. The number of nitrogens with zero attached hydrogens (tertiary/aromatic N) is 1. The van der Waals surface area contributed by atoms with Gasteiger partial charge >= 0.3 is 5.97 Å². The average molecular weight is 327 g/mol. The molecule has 24 heavy (non-hydrogen) atoms. The number of fused-ring (bicyclic) bond motifs is 5. The highest BCUT2D eigenvalue weighted by molar-refractivity contribution is 6.08. The summed E-state index contributed by atoms with van der Waals surface area (Å²) in [4.78, 5) is 38.2. The quantitative estimate of drug-likeness (QED) is 0.640. The third-order valence-corrected chi connectivity index (χ3v) is 5.47. The molecule has 124 valence electrons. The van der Waals surface area contributed by atoms with Crippen LogP contribution in [0.5, 0.6) is 5.75 Å². The number of benzene rings is 1. The highest BCUT2D eigenvalue weighted by Crippen LogP contribution is 2.52. The van der Waals surface area contributed by atoms with Gasteiger partial charge in [-0.25, -0.2) is 4.79 Å². The molecule has 1 aliphatic heterocycles. The van der Waals surface area contributed by atoms with Crippen molar-refractivity contribution in [3.05, 3.63) is 42.0 Å². The minimum absolute atomic E-state index is 0.0370. The van der Waals surface area contributed by atoms with Gasteiger partial charge in [0.2, 0.25) is 11.8 Å². The highest BCUT2D eigenvalue weighted by Gasteiger charge is 2.61. The van der Waals surface area contributed by atoms with Gasteiger partial charge < -0.3 is 10.2 Å². The number of phenols is 1. The minimum atomic E-state index is -1.21. The van der Waals surface area contributed by atoms with Crippen LogP contribution in [0.15, 0.2) is 36.4 Å². The molecule has 2 aliphatic carbocycles. The van der Waals surface area contributed by atoms with Gasteiger partial charge in [0.15, 0.2) is 0 Å². The van der Waals surface area contributed by atoms with E-state index in [0.29, 0.717) is 5.56 Å². The molecule has 6 heteroatoms. The maximum atomic E-state index is 12.7. The molecule has 1 aromatic carbocycles. The number of hydrogen-bond donors (Lipinski definition) is 2. The Labute approximate surface area is 138 Å². The molecule has 3 aliphatic rings. The van der Waals surface area contributed by atoms with E-state index in [0.717, 1.165) is 11.3 Å². The van der Waals surface area contributed by atoms with Crippen molar-refractivity contribution >= 4 is 17.8 Å². The van der Waals surface area contributed by atoms with Crippen LogP contribution >= 0.6 is 0 Å². The molecular formula is C18H17NO5. The van der Waals surface area contributed by atoms with E-state index in [4.69, 9.17) is 0 Å². The first-order chi connectivity index (χ1) is 11.5. The second kappa shape index (κ2) is 5.19. The summed E-state index contributed by atoms with van der Waals surface area (Å²) in [7, 11) is 0. The summed E-state index contributed by atoms with van der Waals surface area (Å²) < 4.78 is 0. The first kappa shape index (κ1) is 14.9. The average Bonchev–Trinajstić information content (AvgIpc) is 3.22. The van der Waals surface area contributed by atoms with Crippen molar-refractivity contribution in [1.29, 1.82) is 0 Å². The zero-order chi connectivity index (χ0) is 17.0. The number of carbonyl (C=O) groups excluding carboxylic acids is 2. The predicted octanol–water partition coefficient (Wildman–Crippen LogP) is 1.20. The van der Waals surface area contributed by atoms with Crippen molar-refractivity contribution in [3.63, 3.8) is 0 Å². The first-order valence-corrected chi connectivity index (χ1v) is 8.03. The van der Waals surface area contributed by atoms with Gasteiger partial charge in [-0.3, -0.25) is 14.5 Å². The van der Waals surface area contributed by atoms with Crippen LogP contribution in [0.4, 0.5) is 0 Å². The number of allylic oxidation sites excluding steroid dienone is 2. The van der Waals surface area contributed by atoms with E-state index in [-0.39, 0.29) is 35.8 Å². The number of likely N-dealkylation sites (tertiary alicyclic amines) is 1. The number of imide groups is 1. The van der Waals surface area contributed by atoms with Gasteiger partial charge in [0.05, 0.1) is 11.8 Å². The number of carboxylic acids is 1. The molecule has 1 aromatic rings. The standard InChI is InChI=1S/C18H17NO5/c20-12-5-1-9(2-6-12)7-13(18(23)24)19-16(21)14-10-3-4-11(8-10)15(14)17(19)22/h1-6,10-11,13-15,20H,7-8H2,(H,23,24). The van der Waals surface area contributed by atoms with Crippen LogP contribution in [0.3, 0.4) is 0 Å². The van der Waals surface area contributed by atoms with Crippen LogP contribution in [0.2, 0.25) is 0 Å². The van der Waals surface area contributed by atoms with E-state index in [2.05, 4.69) is 0 Å². The van der Waals surface area contributed by atoms with Gasteiger partial charge in [-0.15, -0.1) is 0 Å². The van der Waals surface area contributed by atoms with E-state index < -0.39 is 23.8 Å². The Bertz CT molecular complexity index is 723. The second-order valence-corrected chi connectivity index (χ2v) is 6.77. The smallest absolute Gasteiger partial charge is 0.327 e. The van der Waals surface area contributed by atoms with E-state index in [1.54, 1.807) is 12.1 Å². The van der Waals surface area contributed by atoms with Gasteiger partial charge in [0.25, 0.3) is 0 Å². The van der Waals surface area contributed by atoms with Crippen LogP contribution in [0.25, 0.3) is 0 Å². The highest BCUT2D eigenvalue weighted by atomic mass is 16.4. The fourth-order valence-electron chi connectivity index (χ4n) is 4.38. The van der Waals surface area contributed by atoms with Gasteiger partial charge in [0.1, 0.15) is 11.8 Å². The summed E-state index contributed by atoms with van der Waals surface area (Å²) in [6.45, 7) is 0. The van der Waals surface area contributed by atoms with Gasteiger partial charge in [0, 0.05) is 6.42 Å². The normalized spacial score (nSPS) is 31.6.